The van der Waals surface area contributed by atoms with E-state index in [4.69, 9.17) is 9.47 Å². The van der Waals surface area contributed by atoms with E-state index in [0.29, 0.717) is 18.7 Å². The molecule has 10 nitrogen and oxygen atoms in total. The van der Waals surface area contributed by atoms with E-state index in [9.17, 15) is 14.4 Å². The Morgan fingerprint density at radius 3 is 2.67 bits per heavy atom. The number of benzene rings is 2. The summed E-state index contributed by atoms with van der Waals surface area (Å²) in [5.74, 6) is -0.527. The van der Waals surface area contributed by atoms with Gasteiger partial charge in [-0.25, -0.2) is 15.2 Å². The Kier molecular flexibility index (Phi) is 6.55. The van der Waals surface area contributed by atoms with E-state index in [0.717, 1.165) is 16.3 Å². The van der Waals surface area contributed by atoms with Gasteiger partial charge in [-0.3, -0.25) is 14.6 Å². The van der Waals surface area contributed by atoms with Crippen molar-refractivity contribution >= 4 is 29.8 Å². The van der Waals surface area contributed by atoms with Gasteiger partial charge in [0.2, 0.25) is 5.91 Å². The molecule has 0 spiro atoms. The molecule has 0 radical (unpaired) electrons. The molecule has 0 bridgehead atoms. The average Bonchev–Trinajstić information content (AvgIpc) is 3.27. The Hall–Kier alpha value is -3.92. The third kappa shape index (κ3) is 4.80. The van der Waals surface area contributed by atoms with Crippen LogP contribution >= 0.6 is 0 Å². The zero-order chi connectivity index (χ0) is 23.4. The number of nitrogens with one attached hydrogen (secondary N) is 2. The predicted molar refractivity (Wildman–Crippen MR) is 120 cm³/mol. The molecular weight excluding hydrogens is 426 g/mol. The van der Waals surface area contributed by atoms with E-state index in [-0.39, 0.29) is 24.1 Å². The first-order chi connectivity index (χ1) is 16.0. The van der Waals surface area contributed by atoms with Gasteiger partial charge in [-0.2, -0.15) is 5.10 Å². The zero-order valence-corrected chi connectivity index (χ0v) is 18.4. The third-order valence-electron chi connectivity index (χ3n) is 5.45. The van der Waals surface area contributed by atoms with Crippen LogP contribution in [0.2, 0.25) is 0 Å². The molecule has 2 amide bonds. The fourth-order valence-corrected chi connectivity index (χ4v) is 3.84. The molecule has 1 fully saturated rings. The van der Waals surface area contributed by atoms with Crippen LogP contribution in [0.15, 0.2) is 53.6 Å². The number of fused-ring (bicyclic) bond motifs is 1. The van der Waals surface area contributed by atoms with Crippen molar-refractivity contribution in [1.82, 2.24) is 15.4 Å². The summed E-state index contributed by atoms with van der Waals surface area (Å²) < 4.78 is 10.2. The van der Waals surface area contributed by atoms with Crippen LogP contribution in [-0.4, -0.2) is 60.4 Å². The van der Waals surface area contributed by atoms with Crippen LogP contribution in [0.5, 0.6) is 5.75 Å². The van der Waals surface area contributed by atoms with Crippen LogP contribution in [0.25, 0.3) is 0 Å². The van der Waals surface area contributed by atoms with Gasteiger partial charge in [0.25, 0.3) is 5.91 Å². The van der Waals surface area contributed by atoms with E-state index >= 15 is 0 Å². The highest BCUT2D eigenvalue weighted by Gasteiger charge is 2.41. The summed E-state index contributed by atoms with van der Waals surface area (Å²) in [6, 6.07) is 13.7. The van der Waals surface area contributed by atoms with Crippen LogP contribution in [0.4, 0.5) is 5.69 Å². The Bertz CT molecular complexity index is 1070. The molecule has 172 valence electrons. The number of anilines is 1. The van der Waals surface area contributed by atoms with Crippen LogP contribution in [0.1, 0.15) is 35.3 Å². The number of carbonyl (C=O) groups excluding carboxylic acids is 3. The van der Waals surface area contributed by atoms with E-state index < -0.39 is 17.9 Å². The molecule has 2 aromatic carbocycles. The molecule has 1 saturated heterocycles. The minimum Gasteiger partial charge on any atom is -0.494 e. The number of ether oxygens (including phenoxy) is 2. The Morgan fingerprint density at radius 1 is 1.18 bits per heavy atom. The number of hydrazine groups is 1. The molecule has 0 aromatic heterocycles. The monoisotopic (exact) mass is 451 g/mol. The summed E-state index contributed by atoms with van der Waals surface area (Å²) in [6.45, 7) is 2.25. The van der Waals surface area contributed by atoms with Gasteiger partial charge in [0, 0.05) is 0 Å². The standard InChI is InChI=1S/C23H25N5O5/c1-3-33-16-10-8-15(9-11-16)19-12-20-22(30)27(24-14-28(20)26-19)13-21(29)25-18-7-5-4-6-17(18)23(31)32-2/h4-11,14,19-20,26H,3,12-13H2,1-2H3,(H,25,29). The van der Waals surface area contributed by atoms with E-state index in [1.807, 2.05) is 31.2 Å². The summed E-state index contributed by atoms with van der Waals surface area (Å²) in [5.41, 5.74) is 4.84. The van der Waals surface area contributed by atoms with E-state index in [1.54, 1.807) is 29.3 Å². The molecule has 2 N–H and O–H groups in total. The van der Waals surface area contributed by atoms with Gasteiger partial charge in [-0.1, -0.05) is 24.3 Å². The Labute approximate surface area is 191 Å². The van der Waals surface area contributed by atoms with E-state index in [2.05, 4.69) is 15.8 Å². The summed E-state index contributed by atoms with van der Waals surface area (Å²) in [4.78, 5) is 37.5. The van der Waals surface area contributed by atoms with Crippen molar-refractivity contribution in [2.45, 2.75) is 25.4 Å². The Balaban J connectivity index is 1.39. The number of methoxy groups -OCH3 is 1. The SMILES string of the molecule is CCOc1ccc(C2CC3C(=O)N(CC(=O)Nc4ccccc4C(=O)OC)N=CN3N2)cc1. The minimum atomic E-state index is -0.564. The second kappa shape index (κ2) is 9.70. The highest BCUT2D eigenvalue weighted by molar-refractivity contribution is 6.02. The van der Waals surface area contributed by atoms with Crippen LogP contribution in [0.3, 0.4) is 0 Å². The topological polar surface area (TPSA) is 113 Å². The van der Waals surface area contributed by atoms with Gasteiger partial charge in [0.1, 0.15) is 24.7 Å². The largest absolute Gasteiger partial charge is 0.494 e. The lowest BCUT2D eigenvalue weighted by Gasteiger charge is -2.29. The molecule has 0 aliphatic carbocycles. The highest BCUT2D eigenvalue weighted by atomic mass is 16.5. The second-order valence-electron chi connectivity index (χ2n) is 7.55. The van der Waals surface area contributed by atoms with Gasteiger partial charge < -0.3 is 14.8 Å². The van der Waals surface area contributed by atoms with Gasteiger partial charge in [0.15, 0.2) is 0 Å². The summed E-state index contributed by atoms with van der Waals surface area (Å²) in [6.07, 6.45) is 2.04. The lowest BCUT2D eigenvalue weighted by Crippen LogP contribution is -2.52. The number of hydrogen-bond donors (Lipinski definition) is 2. The van der Waals surface area contributed by atoms with Gasteiger partial charge in [0.05, 0.1) is 31.0 Å². The second-order valence-corrected chi connectivity index (χ2v) is 7.55. The van der Waals surface area contributed by atoms with Crippen molar-refractivity contribution in [1.29, 1.82) is 0 Å². The number of carbonyl (C=O) groups is 3. The first kappa shape index (κ1) is 22.3. The molecular formula is C23H25N5O5. The fourth-order valence-electron chi connectivity index (χ4n) is 3.84. The molecule has 2 atom stereocenters. The van der Waals surface area contributed by atoms with Crippen LogP contribution in [0, 0.1) is 0 Å². The summed E-state index contributed by atoms with van der Waals surface area (Å²) >= 11 is 0. The quantitative estimate of drug-likeness (QED) is 0.619. The van der Waals surface area contributed by atoms with Gasteiger partial charge >= 0.3 is 5.97 Å². The average molecular weight is 451 g/mol. The van der Waals surface area contributed by atoms with Crippen molar-refractivity contribution in [3.8, 4) is 5.75 Å². The maximum Gasteiger partial charge on any atom is 0.339 e. The summed E-state index contributed by atoms with van der Waals surface area (Å²) in [7, 11) is 1.27. The first-order valence-corrected chi connectivity index (χ1v) is 10.6. The molecule has 2 aromatic rings. The fraction of sp³-hybridized carbons (Fsp3) is 0.304. The molecule has 10 heteroatoms. The molecule has 2 aliphatic heterocycles. The lowest BCUT2D eigenvalue weighted by molar-refractivity contribution is -0.139. The molecule has 2 unspecified atom stereocenters. The van der Waals surface area contributed by atoms with Crippen LogP contribution in [-0.2, 0) is 14.3 Å². The van der Waals surface area contributed by atoms with Crippen molar-refractivity contribution in [2.75, 3.05) is 25.6 Å². The molecule has 33 heavy (non-hydrogen) atoms. The maximum atomic E-state index is 13.0. The molecule has 0 saturated carbocycles. The first-order valence-electron chi connectivity index (χ1n) is 10.6. The minimum absolute atomic E-state index is 0.0678. The molecule has 4 rings (SSSR count). The number of hydrogen-bond acceptors (Lipinski definition) is 8. The zero-order valence-electron chi connectivity index (χ0n) is 18.4. The maximum absolute atomic E-state index is 13.0. The number of esters is 1. The molecule has 2 aliphatic rings. The smallest absolute Gasteiger partial charge is 0.339 e. The highest BCUT2D eigenvalue weighted by Crippen LogP contribution is 2.30. The number of amides is 2. The number of hydrazone groups is 1. The van der Waals surface area contributed by atoms with Crippen molar-refractivity contribution in [3.63, 3.8) is 0 Å². The lowest BCUT2D eigenvalue weighted by atomic mass is 10.0. The van der Waals surface area contributed by atoms with Gasteiger partial charge in [-0.15, -0.1) is 0 Å². The van der Waals surface area contributed by atoms with Crippen molar-refractivity contribution in [2.24, 2.45) is 5.10 Å². The predicted octanol–water partition coefficient (Wildman–Crippen LogP) is 1.92. The number of rotatable bonds is 7. The summed E-state index contributed by atoms with van der Waals surface area (Å²) in [5, 5.41) is 9.59. The Morgan fingerprint density at radius 2 is 1.94 bits per heavy atom. The number of para-hydroxylation sites is 1. The third-order valence-corrected chi connectivity index (χ3v) is 5.45. The normalized spacial score (nSPS) is 19.3. The van der Waals surface area contributed by atoms with Crippen molar-refractivity contribution < 1.29 is 23.9 Å². The van der Waals surface area contributed by atoms with E-state index in [1.165, 1.54) is 13.4 Å². The molecule has 2 heterocycles. The van der Waals surface area contributed by atoms with Crippen molar-refractivity contribution in [3.05, 3.63) is 59.7 Å². The van der Waals surface area contributed by atoms with Gasteiger partial charge in [-0.05, 0) is 43.2 Å². The number of nitrogens with zero attached hydrogens (tertiary/aromatic N) is 3. The van der Waals surface area contributed by atoms with Crippen LogP contribution < -0.4 is 15.5 Å².